The minimum absolute atomic E-state index is 0.0323. The first kappa shape index (κ1) is 17.9. The maximum atomic E-state index is 12.1. The predicted octanol–water partition coefficient (Wildman–Crippen LogP) is 1.63. The van der Waals surface area contributed by atoms with Gasteiger partial charge in [0.25, 0.3) is 0 Å². The Morgan fingerprint density at radius 2 is 1.79 bits per heavy atom. The van der Waals surface area contributed by atoms with Gasteiger partial charge in [0.1, 0.15) is 0 Å². The molecule has 0 heterocycles. The van der Waals surface area contributed by atoms with Gasteiger partial charge in [0.05, 0.1) is 13.0 Å². The molecule has 24 heavy (non-hydrogen) atoms. The second kappa shape index (κ2) is 9.03. The van der Waals surface area contributed by atoms with Gasteiger partial charge in [-0.05, 0) is 28.7 Å². The molecule has 0 fully saturated rings. The van der Waals surface area contributed by atoms with E-state index in [1.165, 1.54) is 0 Å². The molecule has 0 aliphatic heterocycles. The highest BCUT2D eigenvalue weighted by Gasteiger charge is 2.09. The van der Waals surface area contributed by atoms with E-state index in [9.17, 15) is 9.59 Å². The van der Waals surface area contributed by atoms with E-state index in [1.807, 2.05) is 49.4 Å². The zero-order valence-electron chi connectivity index (χ0n) is 13.9. The molecule has 0 aromatic heterocycles. The Kier molecular flexibility index (Phi) is 6.75. The van der Waals surface area contributed by atoms with Crippen LogP contribution < -0.4 is 10.6 Å². The molecule has 2 amide bonds. The fraction of sp³-hybridized carbons (Fsp3) is 0.368. The van der Waals surface area contributed by atoms with Crippen LogP contribution in [0.4, 0.5) is 0 Å². The quantitative estimate of drug-likeness (QED) is 0.689. The summed E-state index contributed by atoms with van der Waals surface area (Å²) in [5, 5.41) is 16.4. The predicted molar refractivity (Wildman–Crippen MR) is 94.5 cm³/mol. The van der Waals surface area contributed by atoms with E-state index in [4.69, 9.17) is 5.11 Å². The lowest BCUT2D eigenvalue weighted by Crippen LogP contribution is -2.39. The van der Waals surface area contributed by atoms with Crippen LogP contribution in [-0.4, -0.2) is 36.6 Å². The van der Waals surface area contributed by atoms with Crippen LogP contribution >= 0.6 is 0 Å². The number of nitrogens with one attached hydrogen (secondary N) is 2. The van der Waals surface area contributed by atoms with Gasteiger partial charge in [0.15, 0.2) is 0 Å². The summed E-state index contributed by atoms with van der Waals surface area (Å²) in [5.74, 6) is -0.179. The van der Waals surface area contributed by atoms with Crippen LogP contribution in [0.2, 0.25) is 0 Å². The number of carbonyl (C=O) groups is 2. The summed E-state index contributed by atoms with van der Waals surface area (Å²) in [6, 6.07) is 13.8. The smallest absolute Gasteiger partial charge is 0.239 e. The molecule has 0 bridgehead atoms. The maximum Gasteiger partial charge on any atom is 0.239 e. The first-order valence-corrected chi connectivity index (χ1v) is 8.21. The van der Waals surface area contributed by atoms with Crippen molar-refractivity contribution < 1.29 is 14.7 Å². The van der Waals surface area contributed by atoms with Gasteiger partial charge in [-0.3, -0.25) is 9.59 Å². The summed E-state index contributed by atoms with van der Waals surface area (Å²) in [4.78, 5) is 23.8. The number of carbonyl (C=O) groups excluding carboxylic acids is 2. The topological polar surface area (TPSA) is 78.4 Å². The molecule has 0 spiro atoms. The van der Waals surface area contributed by atoms with Crippen LogP contribution in [0.3, 0.4) is 0 Å². The molecular weight excluding hydrogens is 304 g/mol. The Balaban J connectivity index is 1.82. The number of fused-ring (bicyclic) bond motifs is 1. The van der Waals surface area contributed by atoms with Crippen molar-refractivity contribution in [2.45, 2.75) is 19.8 Å². The summed E-state index contributed by atoms with van der Waals surface area (Å²) in [6.45, 7) is 2.53. The average Bonchev–Trinajstić information content (AvgIpc) is 2.59. The lowest BCUT2D eigenvalue weighted by Gasteiger charge is -2.12. The molecule has 0 saturated carbocycles. The Bertz CT molecular complexity index is 695. The molecule has 0 saturated heterocycles. The van der Waals surface area contributed by atoms with Crippen LogP contribution in [0.1, 0.15) is 18.9 Å². The van der Waals surface area contributed by atoms with Crippen molar-refractivity contribution in [2.24, 2.45) is 5.92 Å². The van der Waals surface area contributed by atoms with E-state index in [0.29, 0.717) is 13.0 Å². The Hall–Kier alpha value is -2.40. The van der Waals surface area contributed by atoms with E-state index in [2.05, 4.69) is 10.6 Å². The molecule has 3 N–H and O–H groups in total. The number of benzene rings is 2. The minimum Gasteiger partial charge on any atom is -0.396 e. The van der Waals surface area contributed by atoms with Crippen LogP contribution in [0.15, 0.2) is 42.5 Å². The third kappa shape index (κ3) is 5.35. The third-order valence-corrected chi connectivity index (χ3v) is 3.95. The van der Waals surface area contributed by atoms with Gasteiger partial charge >= 0.3 is 0 Å². The monoisotopic (exact) mass is 328 g/mol. The third-order valence-electron chi connectivity index (χ3n) is 3.95. The second-order valence-corrected chi connectivity index (χ2v) is 6.01. The van der Waals surface area contributed by atoms with Crippen LogP contribution in [-0.2, 0) is 16.0 Å². The van der Waals surface area contributed by atoms with E-state index in [0.717, 1.165) is 16.3 Å². The van der Waals surface area contributed by atoms with Crippen molar-refractivity contribution in [2.75, 3.05) is 19.7 Å². The van der Waals surface area contributed by atoms with Crippen molar-refractivity contribution in [3.63, 3.8) is 0 Å². The molecule has 2 aromatic carbocycles. The normalized spacial score (nSPS) is 11.9. The summed E-state index contributed by atoms with van der Waals surface area (Å²) in [6.07, 6.45) is 0.892. The zero-order valence-corrected chi connectivity index (χ0v) is 13.9. The van der Waals surface area contributed by atoms with Gasteiger partial charge in [-0.15, -0.1) is 0 Å². The molecule has 128 valence electrons. The number of aliphatic hydroxyl groups excluding tert-OH is 1. The van der Waals surface area contributed by atoms with Gasteiger partial charge in [0.2, 0.25) is 11.8 Å². The highest BCUT2D eigenvalue weighted by atomic mass is 16.3. The zero-order chi connectivity index (χ0) is 17.4. The molecule has 1 unspecified atom stereocenters. The number of hydrogen-bond acceptors (Lipinski definition) is 3. The van der Waals surface area contributed by atoms with Crippen molar-refractivity contribution >= 4 is 22.6 Å². The first-order chi connectivity index (χ1) is 11.6. The highest BCUT2D eigenvalue weighted by molar-refractivity contribution is 5.91. The molecule has 0 aliphatic carbocycles. The lowest BCUT2D eigenvalue weighted by molar-refractivity contribution is -0.125. The molecule has 1 atom stereocenters. The van der Waals surface area contributed by atoms with Gasteiger partial charge in [-0.25, -0.2) is 0 Å². The van der Waals surface area contributed by atoms with E-state index in [-0.39, 0.29) is 37.3 Å². The summed E-state index contributed by atoms with van der Waals surface area (Å²) in [7, 11) is 0. The highest BCUT2D eigenvalue weighted by Crippen LogP contribution is 2.18. The molecule has 5 heteroatoms. The van der Waals surface area contributed by atoms with Crippen LogP contribution in [0.25, 0.3) is 10.8 Å². The van der Waals surface area contributed by atoms with E-state index < -0.39 is 0 Å². The summed E-state index contributed by atoms with van der Waals surface area (Å²) in [5.41, 5.74) is 0.947. The van der Waals surface area contributed by atoms with Gasteiger partial charge in [0, 0.05) is 13.2 Å². The van der Waals surface area contributed by atoms with Crippen LogP contribution in [0, 0.1) is 5.92 Å². The van der Waals surface area contributed by atoms with Crippen molar-refractivity contribution in [3.05, 3.63) is 48.0 Å². The Labute approximate surface area is 142 Å². The number of hydrogen-bond donors (Lipinski definition) is 3. The molecular formula is C19H24N2O3. The number of amides is 2. The Morgan fingerprint density at radius 3 is 2.58 bits per heavy atom. The minimum atomic E-state index is -0.217. The van der Waals surface area contributed by atoms with Gasteiger partial charge < -0.3 is 15.7 Å². The standard InChI is InChI=1S/C19H24N2O3/c1-14(9-10-22)12-20-19(24)13-21-18(23)11-16-7-4-6-15-5-2-3-8-17(15)16/h2-8,14,22H,9-13H2,1H3,(H,20,24)(H,21,23). The van der Waals surface area contributed by atoms with E-state index >= 15 is 0 Å². The van der Waals surface area contributed by atoms with Gasteiger partial charge in [-0.1, -0.05) is 49.4 Å². The summed E-state index contributed by atoms with van der Waals surface area (Å²) < 4.78 is 0. The molecule has 2 aromatic rings. The van der Waals surface area contributed by atoms with Crippen molar-refractivity contribution in [1.82, 2.24) is 10.6 Å². The first-order valence-electron chi connectivity index (χ1n) is 8.21. The summed E-state index contributed by atoms with van der Waals surface area (Å²) >= 11 is 0. The fourth-order valence-corrected chi connectivity index (χ4v) is 2.53. The SMILES string of the molecule is CC(CCO)CNC(=O)CNC(=O)Cc1cccc2ccccc12. The molecule has 0 radical (unpaired) electrons. The van der Waals surface area contributed by atoms with Crippen molar-refractivity contribution in [3.8, 4) is 0 Å². The number of rotatable bonds is 8. The van der Waals surface area contributed by atoms with Gasteiger partial charge in [-0.2, -0.15) is 0 Å². The molecule has 2 rings (SSSR count). The average molecular weight is 328 g/mol. The Morgan fingerprint density at radius 1 is 1.04 bits per heavy atom. The molecule has 5 nitrogen and oxygen atoms in total. The number of aliphatic hydroxyl groups is 1. The largest absolute Gasteiger partial charge is 0.396 e. The van der Waals surface area contributed by atoms with Crippen molar-refractivity contribution in [1.29, 1.82) is 0 Å². The van der Waals surface area contributed by atoms with Crippen LogP contribution in [0.5, 0.6) is 0 Å². The van der Waals surface area contributed by atoms with E-state index in [1.54, 1.807) is 0 Å². The maximum absolute atomic E-state index is 12.1. The fourth-order valence-electron chi connectivity index (χ4n) is 2.53. The lowest BCUT2D eigenvalue weighted by atomic mass is 10.0. The second-order valence-electron chi connectivity index (χ2n) is 6.01. The molecule has 0 aliphatic rings.